The third-order valence-electron chi connectivity index (χ3n) is 5.94. The Morgan fingerprint density at radius 1 is 1.09 bits per heavy atom. The SMILES string of the molecule is O=C(NCCN1CCCCC1)C1CSC(c2cccc(F)c2)N1C(=O)c1ccc(Cl)cc1. The second-order valence-electron chi connectivity index (χ2n) is 8.17. The fourth-order valence-corrected chi connectivity index (χ4v) is 5.80. The first-order valence-electron chi connectivity index (χ1n) is 11.0. The largest absolute Gasteiger partial charge is 0.353 e. The molecule has 0 saturated carbocycles. The van der Waals surface area contributed by atoms with Crippen LogP contribution in [0.4, 0.5) is 4.39 Å². The molecule has 8 heteroatoms. The highest BCUT2D eigenvalue weighted by Gasteiger charge is 2.42. The maximum Gasteiger partial charge on any atom is 0.255 e. The molecule has 32 heavy (non-hydrogen) atoms. The van der Waals surface area contributed by atoms with Crippen LogP contribution in [0.3, 0.4) is 0 Å². The summed E-state index contributed by atoms with van der Waals surface area (Å²) in [6.07, 6.45) is 3.67. The zero-order valence-corrected chi connectivity index (χ0v) is 19.4. The van der Waals surface area contributed by atoms with E-state index in [0.29, 0.717) is 28.4 Å². The molecule has 0 aliphatic carbocycles. The number of carbonyl (C=O) groups excluding carboxylic acids is 2. The van der Waals surface area contributed by atoms with Crippen molar-refractivity contribution < 1.29 is 14.0 Å². The van der Waals surface area contributed by atoms with Gasteiger partial charge in [0.2, 0.25) is 5.91 Å². The summed E-state index contributed by atoms with van der Waals surface area (Å²) < 4.78 is 13.9. The average Bonchev–Trinajstić information content (AvgIpc) is 3.25. The fraction of sp³-hybridized carbons (Fsp3) is 0.417. The molecule has 2 fully saturated rings. The Kier molecular flexibility index (Phi) is 7.71. The van der Waals surface area contributed by atoms with Crippen molar-refractivity contribution in [2.24, 2.45) is 0 Å². The molecule has 2 amide bonds. The number of hydrogen-bond donors (Lipinski definition) is 1. The van der Waals surface area contributed by atoms with Crippen LogP contribution in [0, 0.1) is 5.82 Å². The Morgan fingerprint density at radius 2 is 1.84 bits per heavy atom. The molecule has 2 aromatic rings. The van der Waals surface area contributed by atoms with Crippen LogP contribution in [0.25, 0.3) is 0 Å². The van der Waals surface area contributed by atoms with Gasteiger partial charge in [-0.3, -0.25) is 9.59 Å². The molecule has 1 N–H and O–H groups in total. The van der Waals surface area contributed by atoms with Gasteiger partial charge in [0.15, 0.2) is 0 Å². The molecule has 2 aliphatic heterocycles. The summed E-state index contributed by atoms with van der Waals surface area (Å²) in [5.74, 6) is -0.347. The van der Waals surface area contributed by atoms with Crippen molar-refractivity contribution in [3.63, 3.8) is 0 Å². The lowest BCUT2D eigenvalue weighted by molar-refractivity contribution is -0.124. The van der Waals surface area contributed by atoms with Crippen LogP contribution in [-0.2, 0) is 4.79 Å². The molecule has 0 radical (unpaired) electrons. The predicted molar refractivity (Wildman–Crippen MR) is 126 cm³/mol. The predicted octanol–water partition coefficient (Wildman–Crippen LogP) is 4.34. The van der Waals surface area contributed by atoms with E-state index >= 15 is 0 Å². The number of hydrogen-bond acceptors (Lipinski definition) is 4. The van der Waals surface area contributed by atoms with Crippen molar-refractivity contribution in [1.29, 1.82) is 0 Å². The number of amides is 2. The summed E-state index contributed by atoms with van der Waals surface area (Å²) in [7, 11) is 0. The number of thioether (sulfide) groups is 1. The number of halogens is 2. The zero-order chi connectivity index (χ0) is 22.5. The van der Waals surface area contributed by atoms with Crippen molar-refractivity contribution in [3.8, 4) is 0 Å². The number of nitrogens with one attached hydrogen (secondary N) is 1. The van der Waals surface area contributed by atoms with E-state index in [1.54, 1.807) is 41.3 Å². The van der Waals surface area contributed by atoms with Gasteiger partial charge in [-0.05, 0) is 67.9 Å². The Hall–Kier alpha value is -2.09. The van der Waals surface area contributed by atoms with E-state index < -0.39 is 11.4 Å². The number of piperidine rings is 1. The Balaban J connectivity index is 1.51. The molecular formula is C24H27ClFN3O2S. The van der Waals surface area contributed by atoms with Gasteiger partial charge in [0, 0.05) is 29.4 Å². The van der Waals surface area contributed by atoms with Crippen molar-refractivity contribution >= 4 is 35.2 Å². The second kappa shape index (κ2) is 10.7. The van der Waals surface area contributed by atoms with E-state index in [-0.39, 0.29) is 17.6 Å². The van der Waals surface area contributed by atoms with Gasteiger partial charge in [0.05, 0.1) is 0 Å². The molecule has 2 unspecified atom stereocenters. The van der Waals surface area contributed by atoms with E-state index in [2.05, 4.69) is 10.2 Å². The topological polar surface area (TPSA) is 52.7 Å². The zero-order valence-electron chi connectivity index (χ0n) is 17.8. The minimum absolute atomic E-state index is 0.171. The molecule has 5 nitrogen and oxygen atoms in total. The van der Waals surface area contributed by atoms with Crippen LogP contribution < -0.4 is 5.32 Å². The van der Waals surface area contributed by atoms with Gasteiger partial charge in [0.1, 0.15) is 17.2 Å². The van der Waals surface area contributed by atoms with E-state index in [0.717, 1.165) is 19.6 Å². The Morgan fingerprint density at radius 3 is 2.56 bits per heavy atom. The normalized spacial score (nSPS) is 21.5. The van der Waals surface area contributed by atoms with E-state index in [1.165, 1.54) is 43.2 Å². The minimum Gasteiger partial charge on any atom is -0.353 e. The highest BCUT2D eigenvalue weighted by Crippen LogP contribution is 2.42. The average molecular weight is 476 g/mol. The molecule has 0 spiro atoms. The molecule has 0 aromatic heterocycles. The first-order chi connectivity index (χ1) is 15.5. The van der Waals surface area contributed by atoms with Crippen molar-refractivity contribution in [1.82, 2.24) is 15.1 Å². The molecule has 4 rings (SSSR count). The number of benzene rings is 2. The van der Waals surface area contributed by atoms with Crippen molar-refractivity contribution in [2.45, 2.75) is 30.7 Å². The van der Waals surface area contributed by atoms with Crippen LogP contribution in [-0.4, -0.2) is 59.6 Å². The van der Waals surface area contributed by atoms with E-state index in [4.69, 9.17) is 11.6 Å². The summed E-state index contributed by atoms with van der Waals surface area (Å²) in [5, 5.41) is 3.11. The quantitative estimate of drug-likeness (QED) is 0.675. The first-order valence-corrected chi connectivity index (χ1v) is 12.4. The van der Waals surface area contributed by atoms with Gasteiger partial charge < -0.3 is 15.1 Å². The third kappa shape index (κ3) is 5.45. The standard InChI is InChI=1S/C24H27ClFN3O2S/c25-19-9-7-17(8-10-19)23(31)29-21(16-32-24(29)18-5-4-6-20(26)15-18)22(30)27-11-14-28-12-2-1-3-13-28/h4-10,15,21,24H,1-3,11-14,16H2,(H,27,30). The smallest absolute Gasteiger partial charge is 0.255 e. The van der Waals surface area contributed by atoms with Gasteiger partial charge in [-0.1, -0.05) is 30.2 Å². The second-order valence-corrected chi connectivity index (χ2v) is 9.72. The monoisotopic (exact) mass is 475 g/mol. The van der Waals surface area contributed by atoms with Crippen LogP contribution in [0.5, 0.6) is 0 Å². The number of carbonyl (C=O) groups is 2. The lowest BCUT2D eigenvalue weighted by Crippen LogP contribution is -2.49. The molecule has 0 bridgehead atoms. The first kappa shape index (κ1) is 23.1. The molecular weight excluding hydrogens is 449 g/mol. The van der Waals surface area contributed by atoms with E-state index in [1.807, 2.05) is 0 Å². The van der Waals surface area contributed by atoms with Crippen LogP contribution in [0.15, 0.2) is 48.5 Å². The van der Waals surface area contributed by atoms with Gasteiger partial charge in [-0.15, -0.1) is 11.8 Å². The van der Waals surface area contributed by atoms with Gasteiger partial charge >= 0.3 is 0 Å². The summed E-state index contributed by atoms with van der Waals surface area (Å²) in [6.45, 7) is 3.49. The number of rotatable bonds is 6. The number of nitrogens with zero attached hydrogens (tertiary/aromatic N) is 2. The molecule has 170 valence electrons. The summed E-state index contributed by atoms with van der Waals surface area (Å²) in [6, 6.07) is 12.2. The fourth-order valence-electron chi connectivity index (χ4n) is 4.25. The minimum atomic E-state index is -0.627. The van der Waals surface area contributed by atoms with Crippen molar-refractivity contribution in [2.75, 3.05) is 31.9 Å². The van der Waals surface area contributed by atoms with Crippen molar-refractivity contribution in [3.05, 3.63) is 70.5 Å². The summed E-state index contributed by atoms with van der Waals surface area (Å²) in [4.78, 5) is 30.5. The summed E-state index contributed by atoms with van der Waals surface area (Å²) >= 11 is 7.46. The van der Waals surface area contributed by atoms with Crippen LogP contribution in [0.1, 0.15) is 40.6 Å². The van der Waals surface area contributed by atoms with Crippen LogP contribution in [0.2, 0.25) is 5.02 Å². The highest BCUT2D eigenvalue weighted by atomic mass is 35.5. The lowest BCUT2D eigenvalue weighted by atomic mass is 10.1. The van der Waals surface area contributed by atoms with E-state index in [9.17, 15) is 14.0 Å². The number of likely N-dealkylation sites (tertiary alicyclic amines) is 1. The molecule has 2 heterocycles. The van der Waals surface area contributed by atoms with Gasteiger partial charge in [0.25, 0.3) is 5.91 Å². The Bertz CT molecular complexity index is 953. The van der Waals surface area contributed by atoms with Crippen LogP contribution >= 0.6 is 23.4 Å². The maximum atomic E-state index is 13.9. The molecule has 2 atom stereocenters. The highest BCUT2D eigenvalue weighted by molar-refractivity contribution is 7.99. The van der Waals surface area contributed by atoms with Gasteiger partial charge in [-0.25, -0.2) is 4.39 Å². The van der Waals surface area contributed by atoms with Gasteiger partial charge in [-0.2, -0.15) is 0 Å². The summed E-state index contributed by atoms with van der Waals surface area (Å²) in [5.41, 5.74) is 1.12. The third-order valence-corrected chi connectivity index (χ3v) is 7.51. The molecule has 2 saturated heterocycles. The molecule has 2 aliphatic rings. The lowest BCUT2D eigenvalue weighted by Gasteiger charge is -2.30. The maximum absolute atomic E-state index is 13.9. The molecule has 2 aromatic carbocycles. The Labute approximate surface area is 197 Å².